The van der Waals surface area contributed by atoms with Crippen LogP contribution in [0.5, 0.6) is 0 Å². The molecule has 3 heterocycles. The van der Waals surface area contributed by atoms with Gasteiger partial charge in [0, 0.05) is 49.2 Å². The largest absolute Gasteiger partial charge is 0.353 e. The molecular formula is C36H23N3. The van der Waals surface area contributed by atoms with Gasteiger partial charge in [-0.15, -0.1) is 0 Å². The highest BCUT2D eigenvalue weighted by molar-refractivity contribution is 6.40. The molecule has 0 amide bonds. The van der Waals surface area contributed by atoms with Gasteiger partial charge in [-0.2, -0.15) is 0 Å². The van der Waals surface area contributed by atoms with Gasteiger partial charge < -0.3 is 14.1 Å². The van der Waals surface area contributed by atoms with Crippen LogP contribution in [0.25, 0.3) is 76.8 Å². The Morgan fingerprint density at radius 2 is 0.846 bits per heavy atom. The quantitative estimate of drug-likeness (QED) is 0.246. The van der Waals surface area contributed by atoms with Crippen LogP contribution in [0.4, 0.5) is 0 Å². The summed E-state index contributed by atoms with van der Waals surface area (Å²) in [7, 11) is 0. The second-order valence-electron chi connectivity index (χ2n) is 10.2. The number of aromatic amines is 1. The van der Waals surface area contributed by atoms with Crippen molar-refractivity contribution in [3.8, 4) is 11.4 Å². The van der Waals surface area contributed by atoms with Gasteiger partial charge in [-0.1, -0.05) is 91.0 Å². The first kappa shape index (κ1) is 20.7. The minimum absolute atomic E-state index is 1.15. The third-order valence-electron chi connectivity index (χ3n) is 8.21. The molecule has 39 heavy (non-hydrogen) atoms. The highest BCUT2D eigenvalue weighted by Gasteiger charge is 2.26. The number of rotatable bonds is 2. The highest BCUT2D eigenvalue weighted by Crippen LogP contribution is 2.48. The summed E-state index contributed by atoms with van der Waals surface area (Å²) in [4.78, 5) is 3.87. The molecule has 0 saturated carbocycles. The van der Waals surface area contributed by atoms with E-state index in [-0.39, 0.29) is 0 Å². The van der Waals surface area contributed by atoms with Crippen molar-refractivity contribution in [2.75, 3.05) is 0 Å². The van der Waals surface area contributed by atoms with Gasteiger partial charge in [0.1, 0.15) is 0 Å². The number of nitrogens with zero attached hydrogens (tertiary/aromatic N) is 2. The van der Waals surface area contributed by atoms with Gasteiger partial charge in [-0.3, -0.25) is 0 Å². The van der Waals surface area contributed by atoms with Crippen LogP contribution >= 0.6 is 0 Å². The Morgan fingerprint density at radius 3 is 1.46 bits per heavy atom. The van der Waals surface area contributed by atoms with Gasteiger partial charge in [0.25, 0.3) is 0 Å². The maximum atomic E-state index is 3.87. The van der Waals surface area contributed by atoms with E-state index in [1.54, 1.807) is 0 Å². The van der Waals surface area contributed by atoms with E-state index in [0.717, 1.165) is 11.2 Å². The summed E-state index contributed by atoms with van der Waals surface area (Å²) in [6, 6.07) is 47.9. The van der Waals surface area contributed by atoms with Crippen molar-refractivity contribution in [3.05, 3.63) is 133 Å². The molecule has 3 heteroatoms. The maximum Gasteiger partial charge on any atom is 0.0791 e. The molecule has 0 saturated heterocycles. The molecule has 0 aliphatic carbocycles. The fourth-order valence-electron chi connectivity index (χ4n) is 6.72. The lowest BCUT2D eigenvalue weighted by atomic mass is 10.0. The Morgan fingerprint density at radius 1 is 0.385 bits per heavy atom. The Kier molecular flexibility index (Phi) is 4.05. The van der Waals surface area contributed by atoms with E-state index in [1.807, 2.05) is 0 Å². The molecule has 0 fully saturated rings. The molecule has 9 rings (SSSR count). The Balaban J connectivity index is 1.69. The maximum absolute atomic E-state index is 3.87. The van der Waals surface area contributed by atoms with Gasteiger partial charge in [0.05, 0.1) is 27.6 Å². The average molecular weight is 498 g/mol. The Bertz CT molecular complexity index is 2370. The number of hydrogen-bond donors (Lipinski definition) is 1. The number of fused-ring (bicyclic) bond motifs is 12. The summed E-state index contributed by atoms with van der Waals surface area (Å²) in [6.45, 7) is 0. The SMILES string of the molecule is c1ccc(-n2c3ccccc3c3c4c5ccccc5n(-c5ccccc5)c4c4c5ccccc5[nH]c4c32)cc1. The molecule has 0 bridgehead atoms. The molecule has 0 aliphatic rings. The van der Waals surface area contributed by atoms with Crippen molar-refractivity contribution in [2.45, 2.75) is 0 Å². The number of hydrogen-bond acceptors (Lipinski definition) is 0. The molecule has 0 spiro atoms. The zero-order valence-electron chi connectivity index (χ0n) is 21.1. The van der Waals surface area contributed by atoms with E-state index in [0.29, 0.717) is 0 Å². The van der Waals surface area contributed by atoms with Crippen molar-refractivity contribution in [1.29, 1.82) is 0 Å². The van der Waals surface area contributed by atoms with Crippen molar-refractivity contribution in [1.82, 2.24) is 14.1 Å². The summed E-state index contributed by atoms with van der Waals surface area (Å²) in [5.74, 6) is 0. The topological polar surface area (TPSA) is 25.6 Å². The molecule has 9 aromatic rings. The lowest BCUT2D eigenvalue weighted by Crippen LogP contribution is -1.96. The van der Waals surface area contributed by atoms with Gasteiger partial charge in [-0.25, -0.2) is 0 Å². The van der Waals surface area contributed by atoms with Crippen molar-refractivity contribution in [3.63, 3.8) is 0 Å². The molecule has 0 unspecified atom stereocenters. The molecule has 3 aromatic heterocycles. The predicted molar refractivity (Wildman–Crippen MR) is 164 cm³/mol. The first-order valence-electron chi connectivity index (χ1n) is 13.4. The van der Waals surface area contributed by atoms with Crippen LogP contribution in [-0.4, -0.2) is 14.1 Å². The second-order valence-corrected chi connectivity index (χ2v) is 10.2. The van der Waals surface area contributed by atoms with Gasteiger partial charge in [0.2, 0.25) is 0 Å². The Labute approximate surface area is 224 Å². The summed E-state index contributed by atoms with van der Waals surface area (Å²) in [5.41, 5.74) is 9.54. The van der Waals surface area contributed by atoms with E-state index >= 15 is 0 Å². The van der Waals surface area contributed by atoms with E-state index < -0.39 is 0 Å². The standard InChI is InChI=1S/C36H23N3/c1-3-13-23(14-4-1)38-29-21-11-8-18-26(29)31-32-27-19-9-12-22-30(27)39(24-15-5-2-6-16-24)36(32)34-33(35(31)38)25-17-7-10-20-28(25)37-34/h1-22,37H. The van der Waals surface area contributed by atoms with E-state index in [2.05, 4.69) is 148 Å². The Hall–Kier alpha value is -5.28. The molecule has 3 nitrogen and oxygen atoms in total. The average Bonchev–Trinajstić information content (AvgIpc) is 3.66. The number of aromatic nitrogens is 3. The third-order valence-corrected chi connectivity index (χ3v) is 8.21. The number of H-pyrrole nitrogens is 1. The summed E-state index contributed by atoms with van der Waals surface area (Å²) in [6.07, 6.45) is 0. The van der Waals surface area contributed by atoms with Gasteiger partial charge in [0.15, 0.2) is 0 Å². The van der Waals surface area contributed by atoms with Crippen LogP contribution in [-0.2, 0) is 0 Å². The highest BCUT2D eigenvalue weighted by atomic mass is 15.0. The van der Waals surface area contributed by atoms with Crippen LogP contribution < -0.4 is 0 Å². The van der Waals surface area contributed by atoms with Crippen molar-refractivity contribution >= 4 is 65.4 Å². The number of para-hydroxylation sites is 5. The number of nitrogens with one attached hydrogen (secondary N) is 1. The van der Waals surface area contributed by atoms with Crippen LogP contribution in [0.3, 0.4) is 0 Å². The molecule has 0 atom stereocenters. The lowest BCUT2D eigenvalue weighted by Gasteiger charge is -2.11. The van der Waals surface area contributed by atoms with Crippen LogP contribution in [0.2, 0.25) is 0 Å². The first-order valence-corrected chi connectivity index (χ1v) is 13.4. The van der Waals surface area contributed by atoms with Crippen molar-refractivity contribution in [2.24, 2.45) is 0 Å². The molecule has 0 radical (unpaired) electrons. The molecular weight excluding hydrogens is 474 g/mol. The van der Waals surface area contributed by atoms with Crippen LogP contribution in [0.15, 0.2) is 133 Å². The number of benzene rings is 6. The summed E-state index contributed by atoms with van der Waals surface area (Å²) in [5, 5.41) is 7.61. The van der Waals surface area contributed by atoms with E-state index in [9.17, 15) is 0 Å². The zero-order valence-corrected chi connectivity index (χ0v) is 21.1. The lowest BCUT2D eigenvalue weighted by molar-refractivity contribution is 1.18. The molecule has 6 aromatic carbocycles. The third kappa shape index (κ3) is 2.66. The monoisotopic (exact) mass is 497 g/mol. The molecule has 0 aliphatic heterocycles. The normalized spacial score (nSPS) is 12.1. The van der Waals surface area contributed by atoms with E-state index in [4.69, 9.17) is 0 Å². The van der Waals surface area contributed by atoms with E-state index in [1.165, 1.54) is 65.6 Å². The second kappa shape index (κ2) is 7.62. The summed E-state index contributed by atoms with van der Waals surface area (Å²) < 4.78 is 4.90. The summed E-state index contributed by atoms with van der Waals surface area (Å²) >= 11 is 0. The molecule has 1 N–H and O–H groups in total. The fourth-order valence-corrected chi connectivity index (χ4v) is 6.72. The van der Waals surface area contributed by atoms with Crippen LogP contribution in [0.1, 0.15) is 0 Å². The minimum Gasteiger partial charge on any atom is -0.353 e. The predicted octanol–water partition coefficient (Wildman–Crippen LogP) is 9.52. The van der Waals surface area contributed by atoms with Gasteiger partial charge >= 0.3 is 0 Å². The fraction of sp³-hybridized carbons (Fsp3) is 0. The van der Waals surface area contributed by atoms with Gasteiger partial charge in [-0.05, 0) is 42.5 Å². The molecule has 182 valence electrons. The van der Waals surface area contributed by atoms with Crippen LogP contribution in [0, 0.1) is 0 Å². The first-order chi connectivity index (χ1) is 19.4. The smallest absolute Gasteiger partial charge is 0.0791 e. The van der Waals surface area contributed by atoms with Crippen molar-refractivity contribution < 1.29 is 0 Å². The zero-order chi connectivity index (χ0) is 25.5. The minimum atomic E-state index is 1.15.